The van der Waals surface area contributed by atoms with Gasteiger partial charge in [0, 0.05) is 5.02 Å². The molecule has 3 rings (SSSR count). The fraction of sp³-hybridized carbons (Fsp3) is 0. The summed E-state index contributed by atoms with van der Waals surface area (Å²) >= 11 is 5.83. The molecule has 0 spiro atoms. The first-order valence-electron chi connectivity index (χ1n) is 6.15. The lowest BCUT2D eigenvalue weighted by atomic mass is 10.2. The summed E-state index contributed by atoms with van der Waals surface area (Å²) in [5.74, 6) is 0.531. The van der Waals surface area contributed by atoms with Gasteiger partial charge in [0.15, 0.2) is 0 Å². The van der Waals surface area contributed by atoms with Crippen LogP contribution in [-0.4, -0.2) is 9.97 Å². The van der Waals surface area contributed by atoms with Gasteiger partial charge in [-0.3, -0.25) is 4.79 Å². The van der Waals surface area contributed by atoms with Gasteiger partial charge in [-0.1, -0.05) is 41.9 Å². The van der Waals surface area contributed by atoms with Gasteiger partial charge < -0.3 is 4.98 Å². The van der Waals surface area contributed by atoms with Crippen molar-refractivity contribution in [3.63, 3.8) is 0 Å². The van der Waals surface area contributed by atoms with Crippen LogP contribution in [0.15, 0.2) is 53.3 Å². The molecule has 3 nitrogen and oxygen atoms in total. The average molecular weight is 283 g/mol. The first kappa shape index (κ1) is 12.6. The molecule has 0 saturated heterocycles. The topological polar surface area (TPSA) is 45.8 Å². The van der Waals surface area contributed by atoms with Gasteiger partial charge in [-0.15, -0.1) is 0 Å². The SMILES string of the molecule is O=c1[nH]c(C=Cc2ccc(Cl)cc2)nc2ccccc12. The molecule has 1 heterocycles. The van der Waals surface area contributed by atoms with E-state index in [0.29, 0.717) is 21.7 Å². The van der Waals surface area contributed by atoms with E-state index in [2.05, 4.69) is 9.97 Å². The van der Waals surface area contributed by atoms with E-state index < -0.39 is 0 Å². The molecule has 98 valence electrons. The highest BCUT2D eigenvalue weighted by Gasteiger charge is 2.00. The normalized spacial score (nSPS) is 11.2. The summed E-state index contributed by atoms with van der Waals surface area (Å²) in [5.41, 5.74) is 1.54. The van der Waals surface area contributed by atoms with Crippen LogP contribution in [-0.2, 0) is 0 Å². The number of nitrogens with one attached hydrogen (secondary N) is 1. The van der Waals surface area contributed by atoms with Crippen molar-refractivity contribution in [2.45, 2.75) is 0 Å². The second-order valence-electron chi connectivity index (χ2n) is 4.35. The number of aromatic amines is 1. The summed E-state index contributed by atoms with van der Waals surface area (Å²) in [5, 5.41) is 1.29. The van der Waals surface area contributed by atoms with E-state index in [4.69, 9.17) is 11.6 Å². The van der Waals surface area contributed by atoms with E-state index >= 15 is 0 Å². The number of H-pyrrole nitrogens is 1. The zero-order valence-corrected chi connectivity index (χ0v) is 11.3. The van der Waals surface area contributed by atoms with Crippen LogP contribution < -0.4 is 5.56 Å². The maximum Gasteiger partial charge on any atom is 0.259 e. The molecule has 0 radical (unpaired) electrons. The summed E-state index contributed by atoms with van der Waals surface area (Å²) in [6.07, 6.45) is 3.65. The van der Waals surface area contributed by atoms with Crippen molar-refractivity contribution in [2.75, 3.05) is 0 Å². The minimum atomic E-state index is -0.133. The van der Waals surface area contributed by atoms with Crippen molar-refractivity contribution in [1.82, 2.24) is 9.97 Å². The number of halogens is 1. The van der Waals surface area contributed by atoms with Gasteiger partial charge >= 0.3 is 0 Å². The van der Waals surface area contributed by atoms with Crippen LogP contribution in [0.3, 0.4) is 0 Å². The molecule has 0 bridgehead atoms. The summed E-state index contributed by atoms with van der Waals surface area (Å²) in [6, 6.07) is 14.7. The summed E-state index contributed by atoms with van der Waals surface area (Å²) in [6.45, 7) is 0. The fourth-order valence-electron chi connectivity index (χ4n) is 1.93. The molecule has 1 N–H and O–H groups in total. The maximum atomic E-state index is 11.9. The molecule has 0 aliphatic heterocycles. The predicted octanol–water partition coefficient (Wildman–Crippen LogP) is 3.75. The lowest BCUT2D eigenvalue weighted by Gasteiger charge is -1.98. The number of rotatable bonds is 2. The van der Waals surface area contributed by atoms with Crippen molar-refractivity contribution >= 4 is 34.7 Å². The second kappa shape index (κ2) is 5.31. The Bertz CT molecular complexity index is 835. The van der Waals surface area contributed by atoms with Gasteiger partial charge in [0.05, 0.1) is 10.9 Å². The van der Waals surface area contributed by atoms with Crippen LogP contribution in [0.2, 0.25) is 5.02 Å². The molecule has 2 aromatic carbocycles. The van der Waals surface area contributed by atoms with Crippen molar-refractivity contribution in [3.05, 3.63) is 75.3 Å². The Morgan fingerprint density at radius 1 is 1.00 bits per heavy atom. The minimum Gasteiger partial charge on any atom is -0.306 e. The third kappa shape index (κ3) is 2.63. The van der Waals surface area contributed by atoms with Crippen LogP contribution in [0.1, 0.15) is 11.4 Å². The second-order valence-corrected chi connectivity index (χ2v) is 4.79. The van der Waals surface area contributed by atoms with E-state index in [9.17, 15) is 4.79 Å². The molecule has 0 unspecified atom stereocenters. The lowest BCUT2D eigenvalue weighted by molar-refractivity contribution is 1.14. The highest BCUT2D eigenvalue weighted by molar-refractivity contribution is 6.30. The Morgan fingerprint density at radius 3 is 2.55 bits per heavy atom. The van der Waals surface area contributed by atoms with Gasteiger partial charge in [-0.05, 0) is 35.9 Å². The summed E-state index contributed by atoms with van der Waals surface area (Å²) in [4.78, 5) is 19.1. The number of nitrogens with zero attached hydrogens (tertiary/aromatic N) is 1. The molecule has 1 aromatic heterocycles. The smallest absolute Gasteiger partial charge is 0.259 e. The molecular weight excluding hydrogens is 272 g/mol. The van der Waals surface area contributed by atoms with Crippen LogP contribution in [0, 0.1) is 0 Å². The van der Waals surface area contributed by atoms with Crippen molar-refractivity contribution in [3.8, 4) is 0 Å². The third-order valence-corrected chi connectivity index (χ3v) is 3.19. The Balaban J connectivity index is 1.98. The zero-order valence-electron chi connectivity index (χ0n) is 10.5. The van der Waals surface area contributed by atoms with Gasteiger partial charge in [-0.25, -0.2) is 4.98 Å². The van der Waals surface area contributed by atoms with E-state index in [1.165, 1.54) is 0 Å². The van der Waals surface area contributed by atoms with Gasteiger partial charge in [0.1, 0.15) is 5.82 Å². The Labute approximate surface area is 120 Å². The third-order valence-electron chi connectivity index (χ3n) is 2.93. The first-order valence-corrected chi connectivity index (χ1v) is 6.53. The zero-order chi connectivity index (χ0) is 13.9. The van der Waals surface area contributed by atoms with E-state index in [1.807, 2.05) is 48.5 Å². The van der Waals surface area contributed by atoms with E-state index in [0.717, 1.165) is 5.56 Å². The Hall–Kier alpha value is -2.39. The number of para-hydroxylation sites is 1. The number of hydrogen-bond acceptors (Lipinski definition) is 2. The standard InChI is InChI=1S/C16H11ClN2O/c17-12-8-5-11(6-9-12)7-10-15-18-14-4-2-1-3-13(14)16(20)19-15/h1-10H,(H,18,19,20). The van der Waals surface area contributed by atoms with Crippen molar-refractivity contribution < 1.29 is 0 Å². The molecule has 4 heteroatoms. The van der Waals surface area contributed by atoms with Gasteiger partial charge in [0.2, 0.25) is 0 Å². The van der Waals surface area contributed by atoms with Crippen molar-refractivity contribution in [1.29, 1.82) is 0 Å². The highest BCUT2D eigenvalue weighted by Crippen LogP contribution is 2.12. The number of hydrogen-bond donors (Lipinski definition) is 1. The first-order chi connectivity index (χ1) is 9.72. The number of fused-ring (bicyclic) bond motifs is 1. The lowest BCUT2D eigenvalue weighted by Crippen LogP contribution is -2.09. The molecule has 0 saturated carbocycles. The largest absolute Gasteiger partial charge is 0.306 e. The number of benzene rings is 2. The monoisotopic (exact) mass is 282 g/mol. The molecule has 0 fully saturated rings. The average Bonchev–Trinajstić information content (AvgIpc) is 2.47. The van der Waals surface area contributed by atoms with Gasteiger partial charge in [-0.2, -0.15) is 0 Å². The van der Waals surface area contributed by atoms with Crippen molar-refractivity contribution in [2.24, 2.45) is 0 Å². The van der Waals surface area contributed by atoms with Gasteiger partial charge in [0.25, 0.3) is 5.56 Å². The highest BCUT2D eigenvalue weighted by atomic mass is 35.5. The van der Waals surface area contributed by atoms with E-state index in [1.54, 1.807) is 12.1 Å². The molecular formula is C16H11ClN2O. The van der Waals surface area contributed by atoms with Crippen LogP contribution in [0.4, 0.5) is 0 Å². The molecule has 0 aliphatic carbocycles. The molecule has 20 heavy (non-hydrogen) atoms. The minimum absolute atomic E-state index is 0.133. The quantitative estimate of drug-likeness (QED) is 0.778. The molecule has 0 aliphatic rings. The Morgan fingerprint density at radius 2 is 1.75 bits per heavy atom. The predicted molar refractivity (Wildman–Crippen MR) is 82.7 cm³/mol. The van der Waals surface area contributed by atoms with Crippen LogP contribution in [0.25, 0.3) is 23.1 Å². The Kier molecular flexibility index (Phi) is 3.35. The van der Waals surface area contributed by atoms with Crippen LogP contribution >= 0.6 is 11.6 Å². The summed E-state index contributed by atoms with van der Waals surface area (Å²) in [7, 11) is 0. The fourth-order valence-corrected chi connectivity index (χ4v) is 2.06. The van der Waals surface area contributed by atoms with Crippen LogP contribution in [0.5, 0.6) is 0 Å². The maximum absolute atomic E-state index is 11.9. The summed E-state index contributed by atoms with van der Waals surface area (Å²) < 4.78 is 0. The molecule has 0 amide bonds. The van der Waals surface area contributed by atoms with E-state index in [-0.39, 0.29) is 5.56 Å². The molecule has 0 atom stereocenters. The molecule has 3 aromatic rings. The number of aromatic nitrogens is 2.